The molecule has 0 radical (unpaired) electrons. The van der Waals surface area contributed by atoms with Crippen molar-refractivity contribution in [1.82, 2.24) is 5.32 Å². The molecular formula is C14H30N2O. The van der Waals surface area contributed by atoms with Gasteiger partial charge in [-0.3, -0.25) is 4.79 Å². The van der Waals surface area contributed by atoms with Crippen molar-refractivity contribution < 1.29 is 4.79 Å². The summed E-state index contributed by atoms with van der Waals surface area (Å²) >= 11 is 0. The molecule has 2 atom stereocenters. The number of nitrogens with one attached hydrogen (secondary N) is 1. The van der Waals surface area contributed by atoms with Crippen LogP contribution in [0, 0.1) is 5.92 Å². The third-order valence-electron chi connectivity index (χ3n) is 3.17. The van der Waals surface area contributed by atoms with Crippen LogP contribution in [-0.2, 0) is 4.79 Å². The van der Waals surface area contributed by atoms with Crippen LogP contribution in [0.15, 0.2) is 0 Å². The van der Waals surface area contributed by atoms with Crippen LogP contribution in [0.25, 0.3) is 0 Å². The molecule has 3 N–H and O–H groups in total. The van der Waals surface area contributed by atoms with E-state index in [0.717, 1.165) is 32.2 Å². The van der Waals surface area contributed by atoms with Gasteiger partial charge in [-0.2, -0.15) is 0 Å². The van der Waals surface area contributed by atoms with Gasteiger partial charge < -0.3 is 11.1 Å². The summed E-state index contributed by atoms with van der Waals surface area (Å²) in [5.74, 6) is 0.321. The second-order valence-electron chi connectivity index (χ2n) is 5.09. The maximum atomic E-state index is 11.8. The SMILES string of the molecule is CCCCCC(C)NC(=O)C(C)CCCCN. The van der Waals surface area contributed by atoms with E-state index >= 15 is 0 Å². The van der Waals surface area contributed by atoms with Gasteiger partial charge in [0.25, 0.3) is 0 Å². The first-order valence-electron chi connectivity index (χ1n) is 7.12. The van der Waals surface area contributed by atoms with Gasteiger partial charge in [-0.15, -0.1) is 0 Å². The van der Waals surface area contributed by atoms with Gasteiger partial charge in [-0.1, -0.05) is 39.5 Å². The Kier molecular flexibility index (Phi) is 10.2. The van der Waals surface area contributed by atoms with Crippen LogP contribution in [0.3, 0.4) is 0 Å². The van der Waals surface area contributed by atoms with Gasteiger partial charge in [0.05, 0.1) is 0 Å². The van der Waals surface area contributed by atoms with E-state index in [9.17, 15) is 4.79 Å². The van der Waals surface area contributed by atoms with Gasteiger partial charge >= 0.3 is 0 Å². The minimum Gasteiger partial charge on any atom is -0.353 e. The third-order valence-corrected chi connectivity index (χ3v) is 3.17. The lowest BCUT2D eigenvalue weighted by molar-refractivity contribution is -0.125. The maximum Gasteiger partial charge on any atom is 0.223 e. The van der Waals surface area contributed by atoms with Crippen molar-refractivity contribution in [1.29, 1.82) is 0 Å². The van der Waals surface area contributed by atoms with Crippen molar-refractivity contribution in [3.8, 4) is 0 Å². The molecule has 0 saturated heterocycles. The van der Waals surface area contributed by atoms with Crippen LogP contribution < -0.4 is 11.1 Å². The summed E-state index contributed by atoms with van der Waals surface area (Å²) in [5, 5.41) is 3.10. The Morgan fingerprint density at radius 1 is 1.12 bits per heavy atom. The van der Waals surface area contributed by atoms with E-state index in [1.165, 1.54) is 19.3 Å². The van der Waals surface area contributed by atoms with Gasteiger partial charge in [0.15, 0.2) is 0 Å². The molecule has 3 nitrogen and oxygen atoms in total. The average Bonchev–Trinajstić information content (AvgIpc) is 2.29. The minimum absolute atomic E-state index is 0.121. The Labute approximate surface area is 107 Å². The highest BCUT2D eigenvalue weighted by molar-refractivity contribution is 5.78. The van der Waals surface area contributed by atoms with Gasteiger partial charge in [0.2, 0.25) is 5.91 Å². The van der Waals surface area contributed by atoms with Crippen molar-refractivity contribution in [2.45, 2.75) is 71.8 Å². The smallest absolute Gasteiger partial charge is 0.223 e. The summed E-state index contributed by atoms with van der Waals surface area (Å²) < 4.78 is 0. The first-order chi connectivity index (χ1) is 8.11. The number of hydrogen-bond donors (Lipinski definition) is 2. The van der Waals surface area contributed by atoms with Crippen LogP contribution in [0.5, 0.6) is 0 Å². The highest BCUT2D eigenvalue weighted by atomic mass is 16.1. The summed E-state index contributed by atoms with van der Waals surface area (Å²) in [5.41, 5.74) is 5.44. The van der Waals surface area contributed by atoms with Gasteiger partial charge in [-0.05, 0) is 32.7 Å². The molecule has 0 bridgehead atoms. The monoisotopic (exact) mass is 242 g/mol. The minimum atomic E-state index is 0.121. The number of nitrogens with two attached hydrogens (primary N) is 1. The molecule has 0 aliphatic carbocycles. The van der Waals surface area contributed by atoms with Crippen molar-refractivity contribution in [2.75, 3.05) is 6.54 Å². The lowest BCUT2D eigenvalue weighted by Crippen LogP contribution is -2.36. The Morgan fingerprint density at radius 2 is 1.76 bits per heavy atom. The Morgan fingerprint density at radius 3 is 2.35 bits per heavy atom. The third kappa shape index (κ3) is 9.16. The number of hydrogen-bond acceptors (Lipinski definition) is 2. The quantitative estimate of drug-likeness (QED) is 0.579. The summed E-state index contributed by atoms with van der Waals surface area (Å²) in [6, 6.07) is 0.311. The molecule has 0 fully saturated rings. The predicted molar refractivity (Wildman–Crippen MR) is 73.8 cm³/mol. The lowest BCUT2D eigenvalue weighted by Gasteiger charge is -2.17. The van der Waals surface area contributed by atoms with Crippen molar-refractivity contribution in [3.05, 3.63) is 0 Å². The first kappa shape index (κ1) is 16.4. The lowest BCUT2D eigenvalue weighted by atomic mass is 10.0. The van der Waals surface area contributed by atoms with Gasteiger partial charge in [-0.25, -0.2) is 0 Å². The average molecular weight is 242 g/mol. The van der Waals surface area contributed by atoms with E-state index < -0.39 is 0 Å². The summed E-state index contributed by atoms with van der Waals surface area (Å²) in [4.78, 5) is 11.8. The zero-order valence-electron chi connectivity index (χ0n) is 11.8. The molecular weight excluding hydrogens is 212 g/mol. The van der Waals surface area contributed by atoms with Crippen LogP contribution >= 0.6 is 0 Å². The second-order valence-corrected chi connectivity index (χ2v) is 5.09. The highest BCUT2D eigenvalue weighted by Gasteiger charge is 2.14. The molecule has 0 aliphatic rings. The molecule has 0 rings (SSSR count). The second kappa shape index (κ2) is 10.6. The topological polar surface area (TPSA) is 55.1 Å². The fourth-order valence-corrected chi connectivity index (χ4v) is 1.88. The Hall–Kier alpha value is -0.570. The molecule has 2 unspecified atom stereocenters. The molecule has 0 saturated carbocycles. The van der Waals surface area contributed by atoms with Crippen molar-refractivity contribution >= 4 is 5.91 Å². The number of rotatable bonds is 10. The number of unbranched alkanes of at least 4 members (excludes halogenated alkanes) is 3. The van der Waals surface area contributed by atoms with Crippen LogP contribution in [0.4, 0.5) is 0 Å². The zero-order chi connectivity index (χ0) is 13.1. The molecule has 102 valence electrons. The van der Waals surface area contributed by atoms with E-state index in [2.05, 4.69) is 19.2 Å². The number of carbonyl (C=O) groups is 1. The van der Waals surface area contributed by atoms with Crippen LogP contribution in [-0.4, -0.2) is 18.5 Å². The van der Waals surface area contributed by atoms with Crippen LogP contribution in [0.2, 0.25) is 0 Å². The molecule has 0 aromatic carbocycles. The molecule has 0 heterocycles. The molecule has 0 spiro atoms. The van der Waals surface area contributed by atoms with E-state index in [1.54, 1.807) is 0 Å². The van der Waals surface area contributed by atoms with Crippen molar-refractivity contribution in [2.24, 2.45) is 11.7 Å². The van der Waals surface area contributed by atoms with E-state index in [0.29, 0.717) is 6.04 Å². The summed E-state index contributed by atoms with van der Waals surface area (Å²) in [6.07, 6.45) is 7.81. The molecule has 3 heteroatoms. The normalized spacial score (nSPS) is 14.4. The molecule has 0 aromatic heterocycles. The van der Waals surface area contributed by atoms with Crippen LogP contribution in [0.1, 0.15) is 65.7 Å². The number of carbonyl (C=O) groups excluding carboxylic acids is 1. The summed E-state index contributed by atoms with van der Waals surface area (Å²) in [7, 11) is 0. The largest absolute Gasteiger partial charge is 0.353 e. The standard InChI is InChI=1S/C14H30N2O/c1-4-5-6-10-13(3)16-14(17)12(2)9-7-8-11-15/h12-13H,4-11,15H2,1-3H3,(H,16,17). The molecule has 0 aliphatic heterocycles. The van der Waals surface area contributed by atoms with Crippen molar-refractivity contribution in [3.63, 3.8) is 0 Å². The van der Waals surface area contributed by atoms with Gasteiger partial charge in [0, 0.05) is 12.0 Å². The predicted octanol–water partition coefficient (Wildman–Crippen LogP) is 2.84. The van der Waals surface area contributed by atoms with E-state index in [1.807, 2.05) is 6.92 Å². The highest BCUT2D eigenvalue weighted by Crippen LogP contribution is 2.09. The fraction of sp³-hybridized carbons (Fsp3) is 0.929. The first-order valence-corrected chi connectivity index (χ1v) is 7.12. The Balaban J connectivity index is 3.67. The van der Waals surface area contributed by atoms with Gasteiger partial charge in [0.1, 0.15) is 0 Å². The fourth-order valence-electron chi connectivity index (χ4n) is 1.88. The number of amides is 1. The zero-order valence-corrected chi connectivity index (χ0v) is 11.8. The molecule has 17 heavy (non-hydrogen) atoms. The van der Waals surface area contributed by atoms with E-state index in [-0.39, 0.29) is 11.8 Å². The molecule has 1 amide bonds. The van der Waals surface area contributed by atoms with E-state index in [4.69, 9.17) is 5.73 Å². The molecule has 0 aromatic rings. The Bertz CT molecular complexity index is 195. The maximum absolute atomic E-state index is 11.8. The summed E-state index contributed by atoms with van der Waals surface area (Å²) in [6.45, 7) is 7.02.